The summed E-state index contributed by atoms with van der Waals surface area (Å²) in [4.78, 5) is 0. The number of aliphatic hydroxyl groups excluding tert-OH is 1. The van der Waals surface area contributed by atoms with Crippen molar-refractivity contribution < 1.29 is 14.6 Å². The second-order valence-corrected chi connectivity index (χ2v) is 5.07. The lowest BCUT2D eigenvalue weighted by Gasteiger charge is -2.23. The van der Waals surface area contributed by atoms with Crippen molar-refractivity contribution in [2.75, 3.05) is 14.2 Å². The van der Waals surface area contributed by atoms with Gasteiger partial charge in [0.1, 0.15) is 6.10 Å². The van der Waals surface area contributed by atoms with E-state index in [2.05, 4.69) is 17.5 Å². The van der Waals surface area contributed by atoms with Gasteiger partial charge >= 0.3 is 0 Å². The topological polar surface area (TPSA) is 50.7 Å². The van der Waals surface area contributed by atoms with Gasteiger partial charge in [0, 0.05) is 24.4 Å². The summed E-state index contributed by atoms with van der Waals surface area (Å²) in [5.74, 6) is 1.83. The zero-order chi connectivity index (χ0) is 13.4. The molecule has 4 heteroatoms. The monoisotopic (exact) mass is 261 g/mol. The van der Waals surface area contributed by atoms with Crippen molar-refractivity contribution in [2.45, 2.75) is 31.1 Å². The highest BCUT2D eigenvalue weighted by atomic mass is 16.5. The first-order chi connectivity index (χ1) is 9.24. The van der Waals surface area contributed by atoms with Gasteiger partial charge in [-0.25, -0.2) is 0 Å². The molecular formula is C15H19NO3. The van der Waals surface area contributed by atoms with Crippen LogP contribution in [-0.2, 0) is 6.54 Å². The second-order valence-electron chi connectivity index (χ2n) is 5.07. The highest BCUT2D eigenvalue weighted by Crippen LogP contribution is 2.49. The van der Waals surface area contributed by atoms with E-state index in [1.54, 1.807) is 7.11 Å². The molecule has 0 bridgehead atoms. The molecule has 1 aromatic carbocycles. The van der Waals surface area contributed by atoms with Gasteiger partial charge in [0.2, 0.25) is 0 Å². The standard InChI is InChI=1S/C15H19NO3/c1-16-8-9-3-6-12(18-2)15-14(9)11-5-4-10(17)7-13(11)19-15/h3-6,10-11,13,16-17H,7-8H2,1-2H3/t10-,11+,13-/m0/s1. The zero-order valence-corrected chi connectivity index (χ0v) is 11.2. The highest BCUT2D eigenvalue weighted by molar-refractivity contribution is 5.57. The molecule has 1 aliphatic heterocycles. The molecule has 0 saturated heterocycles. The lowest BCUT2D eigenvalue weighted by molar-refractivity contribution is 0.117. The normalized spacial score (nSPS) is 27.6. The van der Waals surface area contributed by atoms with Gasteiger partial charge in [0.15, 0.2) is 11.5 Å². The molecule has 102 valence electrons. The smallest absolute Gasteiger partial charge is 0.165 e. The van der Waals surface area contributed by atoms with Crippen molar-refractivity contribution in [3.05, 3.63) is 35.4 Å². The Balaban J connectivity index is 2.07. The molecule has 0 fully saturated rings. The van der Waals surface area contributed by atoms with Gasteiger partial charge < -0.3 is 19.9 Å². The van der Waals surface area contributed by atoms with Crippen molar-refractivity contribution in [1.29, 1.82) is 0 Å². The van der Waals surface area contributed by atoms with E-state index in [0.29, 0.717) is 6.42 Å². The molecule has 3 rings (SSSR count). The van der Waals surface area contributed by atoms with Crippen LogP contribution < -0.4 is 14.8 Å². The van der Waals surface area contributed by atoms with Crippen LogP contribution in [0.3, 0.4) is 0 Å². The molecule has 2 N–H and O–H groups in total. The number of rotatable bonds is 3. The third kappa shape index (κ3) is 2.01. The summed E-state index contributed by atoms with van der Waals surface area (Å²) in [6, 6.07) is 4.03. The van der Waals surface area contributed by atoms with E-state index < -0.39 is 6.10 Å². The lowest BCUT2D eigenvalue weighted by Crippen LogP contribution is -2.27. The average molecular weight is 261 g/mol. The molecular weight excluding hydrogens is 242 g/mol. The molecule has 1 heterocycles. The number of hydrogen-bond donors (Lipinski definition) is 2. The molecule has 1 aliphatic carbocycles. The fourth-order valence-electron chi connectivity index (χ4n) is 3.00. The molecule has 3 atom stereocenters. The van der Waals surface area contributed by atoms with Gasteiger partial charge in [-0.1, -0.05) is 18.2 Å². The molecule has 1 aromatic rings. The molecule has 0 aromatic heterocycles. The van der Waals surface area contributed by atoms with Gasteiger partial charge in [0.25, 0.3) is 0 Å². The Labute approximate surface area is 113 Å². The number of aliphatic hydroxyl groups is 1. The van der Waals surface area contributed by atoms with Crippen molar-refractivity contribution in [2.24, 2.45) is 0 Å². The maximum absolute atomic E-state index is 9.72. The first-order valence-electron chi connectivity index (χ1n) is 6.62. The molecule has 0 saturated carbocycles. The Morgan fingerprint density at radius 1 is 1.42 bits per heavy atom. The zero-order valence-electron chi connectivity index (χ0n) is 11.2. The fraction of sp³-hybridized carbons (Fsp3) is 0.467. The van der Waals surface area contributed by atoms with E-state index in [-0.39, 0.29) is 12.0 Å². The number of methoxy groups -OCH3 is 1. The molecule has 2 aliphatic rings. The Bertz CT molecular complexity index is 512. The third-order valence-corrected chi connectivity index (χ3v) is 3.85. The first-order valence-corrected chi connectivity index (χ1v) is 6.62. The van der Waals surface area contributed by atoms with E-state index in [1.807, 2.05) is 19.2 Å². The van der Waals surface area contributed by atoms with Crippen molar-refractivity contribution >= 4 is 0 Å². The number of fused-ring (bicyclic) bond motifs is 3. The number of hydrogen-bond acceptors (Lipinski definition) is 4. The lowest BCUT2D eigenvalue weighted by atomic mass is 9.85. The SMILES string of the molecule is CNCc1ccc(OC)c2c1[C@@H]1C=C[C@H](O)C[C@@H]1O2. The van der Waals surface area contributed by atoms with Crippen LogP contribution in [0.4, 0.5) is 0 Å². The van der Waals surface area contributed by atoms with E-state index >= 15 is 0 Å². The highest BCUT2D eigenvalue weighted by Gasteiger charge is 2.39. The summed E-state index contributed by atoms with van der Waals surface area (Å²) < 4.78 is 11.4. The maximum Gasteiger partial charge on any atom is 0.165 e. The summed E-state index contributed by atoms with van der Waals surface area (Å²) in [5.41, 5.74) is 2.42. The van der Waals surface area contributed by atoms with Crippen LogP contribution in [0.5, 0.6) is 11.5 Å². The van der Waals surface area contributed by atoms with E-state index in [4.69, 9.17) is 9.47 Å². The Kier molecular flexibility index (Phi) is 3.21. The molecule has 0 unspecified atom stereocenters. The summed E-state index contributed by atoms with van der Waals surface area (Å²) in [6.07, 6.45) is 4.17. The minimum absolute atomic E-state index is 0.0157. The Hall–Kier alpha value is -1.52. The summed E-state index contributed by atoms with van der Waals surface area (Å²) in [5, 5.41) is 12.9. The van der Waals surface area contributed by atoms with E-state index in [9.17, 15) is 5.11 Å². The van der Waals surface area contributed by atoms with Gasteiger partial charge in [-0.2, -0.15) is 0 Å². The van der Waals surface area contributed by atoms with Gasteiger partial charge in [-0.15, -0.1) is 0 Å². The molecule has 4 nitrogen and oxygen atoms in total. The van der Waals surface area contributed by atoms with Gasteiger partial charge in [-0.05, 0) is 18.7 Å². The first kappa shape index (κ1) is 12.5. The second kappa shape index (κ2) is 4.87. The maximum atomic E-state index is 9.72. The van der Waals surface area contributed by atoms with Crippen LogP contribution in [0.2, 0.25) is 0 Å². The van der Waals surface area contributed by atoms with E-state index in [1.165, 1.54) is 11.1 Å². The number of nitrogens with one attached hydrogen (secondary N) is 1. The number of ether oxygens (including phenoxy) is 2. The van der Waals surface area contributed by atoms with Gasteiger partial charge in [0.05, 0.1) is 13.2 Å². The van der Waals surface area contributed by atoms with Crippen molar-refractivity contribution in [3.8, 4) is 11.5 Å². The van der Waals surface area contributed by atoms with Crippen molar-refractivity contribution in [3.63, 3.8) is 0 Å². The minimum atomic E-state index is -0.408. The summed E-state index contributed by atoms with van der Waals surface area (Å²) in [7, 11) is 3.59. The van der Waals surface area contributed by atoms with Crippen LogP contribution in [0.1, 0.15) is 23.5 Å². The number of benzene rings is 1. The van der Waals surface area contributed by atoms with Gasteiger partial charge in [-0.3, -0.25) is 0 Å². The van der Waals surface area contributed by atoms with Crippen LogP contribution in [-0.4, -0.2) is 31.5 Å². The van der Waals surface area contributed by atoms with Crippen LogP contribution in [0.15, 0.2) is 24.3 Å². The molecule has 0 radical (unpaired) electrons. The Morgan fingerprint density at radius 2 is 2.26 bits per heavy atom. The van der Waals surface area contributed by atoms with Crippen molar-refractivity contribution in [1.82, 2.24) is 5.32 Å². The molecule has 0 amide bonds. The molecule has 19 heavy (non-hydrogen) atoms. The quantitative estimate of drug-likeness (QED) is 0.811. The summed E-state index contributed by atoms with van der Waals surface area (Å²) in [6.45, 7) is 0.801. The fourth-order valence-corrected chi connectivity index (χ4v) is 3.00. The average Bonchev–Trinajstić information content (AvgIpc) is 2.78. The minimum Gasteiger partial charge on any atom is -0.493 e. The van der Waals surface area contributed by atoms with Crippen LogP contribution in [0.25, 0.3) is 0 Å². The predicted molar refractivity (Wildman–Crippen MR) is 72.7 cm³/mol. The van der Waals surface area contributed by atoms with E-state index in [0.717, 1.165) is 18.0 Å². The molecule has 0 spiro atoms. The van der Waals surface area contributed by atoms with Crippen LogP contribution >= 0.6 is 0 Å². The predicted octanol–water partition coefficient (Wildman–Crippen LogP) is 1.58. The summed E-state index contributed by atoms with van der Waals surface area (Å²) >= 11 is 0. The Morgan fingerprint density at radius 3 is 3.00 bits per heavy atom. The third-order valence-electron chi connectivity index (χ3n) is 3.85. The largest absolute Gasteiger partial charge is 0.493 e. The van der Waals surface area contributed by atoms with Crippen LogP contribution in [0, 0.1) is 0 Å².